The zero-order valence-corrected chi connectivity index (χ0v) is 12.7. The van der Waals surface area contributed by atoms with Crippen LogP contribution in [-0.4, -0.2) is 72.7 Å². The Hall–Kier alpha value is -0.650. The Morgan fingerprint density at radius 2 is 2.10 bits per heavy atom. The Bertz CT molecular complexity index is 301. The summed E-state index contributed by atoms with van der Waals surface area (Å²) in [7, 11) is 0. The van der Waals surface area contributed by atoms with Gasteiger partial charge in [-0.25, -0.2) is 0 Å². The summed E-state index contributed by atoms with van der Waals surface area (Å²) in [5, 5.41) is 12.9. The van der Waals surface area contributed by atoms with Crippen molar-refractivity contribution in [2.24, 2.45) is 5.92 Å². The summed E-state index contributed by atoms with van der Waals surface area (Å²) in [6.45, 7) is 8.64. The molecule has 2 N–H and O–H groups in total. The zero-order chi connectivity index (χ0) is 14.4. The highest BCUT2D eigenvalue weighted by atomic mass is 16.3. The maximum atomic E-state index is 11.5. The number of carbonyl (C=O) groups is 1. The number of amides is 1. The van der Waals surface area contributed by atoms with Gasteiger partial charge >= 0.3 is 0 Å². The van der Waals surface area contributed by atoms with Crippen molar-refractivity contribution < 1.29 is 9.90 Å². The predicted octanol–water partition coefficient (Wildman–Crippen LogP) is 0.291. The molecule has 1 amide bonds. The number of aliphatic hydroxyl groups excluding tert-OH is 1. The first-order valence-electron chi connectivity index (χ1n) is 8.04. The Balaban J connectivity index is 1.52. The molecule has 2 aliphatic heterocycles. The second-order valence-electron chi connectivity index (χ2n) is 6.28. The summed E-state index contributed by atoms with van der Waals surface area (Å²) in [6, 6.07) is 0. The van der Waals surface area contributed by atoms with Gasteiger partial charge < -0.3 is 20.2 Å². The van der Waals surface area contributed by atoms with Gasteiger partial charge in [-0.1, -0.05) is 0 Å². The van der Waals surface area contributed by atoms with Gasteiger partial charge in [-0.05, 0) is 51.7 Å². The molecule has 0 saturated carbocycles. The first-order valence-corrected chi connectivity index (χ1v) is 8.04. The summed E-state index contributed by atoms with van der Waals surface area (Å²) >= 11 is 0. The molecule has 0 unspecified atom stereocenters. The second kappa shape index (κ2) is 7.96. The third kappa shape index (κ3) is 5.04. The first-order chi connectivity index (χ1) is 9.65. The van der Waals surface area contributed by atoms with E-state index in [0.29, 0.717) is 5.91 Å². The van der Waals surface area contributed by atoms with Gasteiger partial charge in [0, 0.05) is 32.6 Å². The minimum absolute atomic E-state index is 0.220. The maximum Gasteiger partial charge on any atom is 0.222 e. The van der Waals surface area contributed by atoms with Crippen LogP contribution in [0.1, 0.15) is 32.6 Å². The van der Waals surface area contributed by atoms with Crippen LogP contribution in [-0.2, 0) is 4.79 Å². The molecule has 0 aromatic rings. The molecule has 20 heavy (non-hydrogen) atoms. The van der Waals surface area contributed by atoms with E-state index in [9.17, 15) is 9.90 Å². The van der Waals surface area contributed by atoms with Crippen LogP contribution in [0.4, 0.5) is 0 Å². The molecule has 2 aliphatic rings. The molecule has 0 aromatic heterocycles. The van der Waals surface area contributed by atoms with Gasteiger partial charge in [0.25, 0.3) is 0 Å². The molecule has 116 valence electrons. The van der Waals surface area contributed by atoms with Gasteiger partial charge in [0.05, 0.1) is 6.10 Å². The smallest absolute Gasteiger partial charge is 0.222 e. The van der Waals surface area contributed by atoms with E-state index in [4.69, 9.17) is 0 Å². The summed E-state index contributed by atoms with van der Waals surface area (Å²) in [4.78, 5) is 15.8. The van der Waals surface area contributed by atoms with Gasteiger partial charge in [-0.2, -0.15) is 0 Å². The van der Waals surface area contributed by atoms with Crippen molar-refractivity contribution in [3.05, 3.63) is 0 Å². The molecule has 5 nitrogen and oxygen atoms in total. The fraction of sp³-hybridized carbons (Fsp3) is 0.933. The van der Waals surface area contributed by atoms with E-state index < -0.39 is 0 Å². The molecule has 2 rings (SSSR count). The molecular formula is C15H29N3O2. The largest absolute Gasteiger partial charge is 0.392 e. The molecule has 0 aliphatic carbocycles. The topological polar surface area (TPSA) is 55.8 Å². The number of nitrogens with one attached hydrogen (secondary N) is 1. The lowest BCUT2D eigenvalue weighted by atomic mass is 9.96. The van der Waals surface area contributed by atoms with E-state index in [1.807, 2.05) is 11.8 Å². The Kier molecular flexibility index (Phi) is 6.26. The zero-order valence-electron chi connectivity index (χ0n) is 12.7. The van der Waals surface area contributed by atoms with E-state index >= 15 is 0 Å². The van der Waals surface area contributed by atoms with Gasteiger partial charge in [0.2, 0.25) is 5.91 Å². The van der Waals surface area contributed by atoms with Crippen molar-refractivity contribution in [1.29, 1.82) is 0 Å². The van der Waals surface area contributed by atoms with Crippen LogP contribution in [0.5, 0.6) is 0 Å². The fourth-order valence-electron chi connectivity index (χ4n) is 3.21. The lowest BCUT2D eigenvalue weighted by molar-refractivity contribution is -0.127. The average Bonchev–Trinajstić information content (AvgIpc) is 2.82. The lowest BCUT2D eigenvalue weighted by Crippen LogP contribution is -2.41. The number of nitrogens with zero attached hydrogens (tertiary/aromatic N) is 2. The van der Waals surface area contributed by atoms with Gasteiger partial charge in [-0.3, -0.25) is 4.79 Å². The molecular weight excluding hydrogens is 254 g/mol. The number of aliphatic hydroxyl groups is 1. The normalized spacial score (nSPS) is 23.5. The fourth-order valence-corrected chi connectivity index (χ4v) is 3.21. The van der Waals surface area contributed by atoms with Crippen molar-refractivity contribution >= 4 is 5.91 Å². The van der Waals surface area contributed by atoms with Gasteiger partial charge in [-0.15, -0.1) is 0 Å². The molecule has 2 heterocycles. The van der Waals surface area contributed by atoms with Gasteiger partial charge in [0.1, 0.15) is 0 Å². The van der Waals surface area contributed by atoms with Gasteiger partial charge in [0.15, 0.2) is 0 Å². The third-order valence-corrected chi connectivity index (χ3v) is 4.39. The molecule has 2 saturated heterocycles. The molecule has 0 radical (unpaired) electrons. The van der Waals surface area contributed by atoms with Crippen LogP contribution in [0.15, 0.2) is 0 Å². The van der Waals surface area contributed by atoms with Crippen LogP contribution < -0.4 is 5.32 Å². The monoisotopic (exact) mass is 283 g/mol. The van der Waals surface area contributed by atoms with Crippen LogP contribution >= 0.6 is 0 Å². The van der Waals surface area contributed by atoms with Crippen molar-refractivity contribution in [1.82, 2.24) is 15.1 Å². The number of piperidine rings is 1. The van der Waals surface area contributed by atoms with E-state index in [2.05, 4.69) is 10.2 Å². The number of likely N-dealkylation sites (tertiary alicyclic amines) is 2. The molecule has 0 bridgehead atoms. The van der Waals surface area contributed by atoms with Crippen molar-refractivity contribution in [3.8, 4) is 0 Å². The van der Waals surface area contributed by atoms with E-state index in [-0.39, 0.29) is 6.10 Å². The second-order valence-corrected chi connectivity index (χ2v) is 6.28. The summed E-state index contributed by atoms with van der Waals surface area (Å²) < 4.78 is 0. The maximum absolute atomic E-state index is 11.5. The highest BCUT2D eigenvalue weighted by Gasteiger charge is 2.21. The highest BCUT2D eigenvalue weighted by Crippen LogP contribution is 2.16. The summed E-state index contributed by atoms with van der Waals surface area (Å²) in [5.41, 5.74) is 0. The number of β-amino-alcohol motifs (C(OH)–C–C–N with tert-alkyl or cyclic N) is 1. The third-order valence-electron chi connectivity index (χ3n) is 4.39. The molecule has 0 spiro atoms. The van der Waals surface area contributed by atoms with Crippen LogP contribution in [0.25, 0.3) is 0 Å². The number of carbonyl (C=O) groups excluding carboxylic acids is 1. The lowest BCUT2D eigenvalue weighted by Gasteiger charge is -2.32. The standard InChI is InChI=1S/C15H29N3O2/c1-13(19)12-17-8-4-14(5-9-17)11-16-6-10-18-7-2-3-15(18)20/h13-14,16,19H,2-12H2,1H3/t13-/m0/s1. The average molecular weight is 283 g/mol. The van der Waals surface area contributed by atoms with E-state index in [1.165, 1.54) is 12.8 Å². The van der Waals surface area contributed by atoms with Crippen LogP contribution in [0.3, 0.4) is 0 Å². The Morgan fingerprint density at radius 3 is 2.70 bits per heavy atom. The van der Waals surface area contributed by atoms with Crippen molar-refractivity contribution in [3.63, 3.8) is 0 Å². The first kappa shape index (κ1) is 15.7. The number of hydrogen-bond donors (Lipinski definition) is 2. The van der Waals surface area contributed by atoms with E-state index in [1.54, 1.807) is 0 Å². The predicted molar refractivity (Wildman–Crippen MR) is 79.5 cm³/mol. The minimum atomic E-state index is -0.220. The highest BCUT2D eigenvalue weighted by molar-refractivity contribution is 5.78. The van der Waals surface area contributed by atoms with Crippen molar-refractivity contribution in [2.75, 3.05) is 45.8 Å². The molecule has 2 fully saturated rings. The van der Waals surface area contributed by atoms with Crippen LogP contribution in [0, 0.1) is 5.92 Å². The van der Waals surface area contributed by atoms with Crippen LogP contribution in [0.2, 0.25) is 0 Å². The van der Waals surface area contributed by atoms with E-state index in [0.717, 1.165) is 64.6 Å². The number of rotatable bonds is 7. The Labute approximate surface area is 122 Å². The Morgan fingerprint density at radius 1 is 1.35 bits per heavy atom. The summed E-state index contributed by atoms with van der Waals surface area (Å²) in [5.74, 6) is 1.06. The summed E-state index contributed by atoms with van der Waals surface area (Å²) in [6.07, 6.45) is 3.97. The minimum Gasteiger partial charge on any atom is -0.392 e. The molecule has 0 aromatic carbocycles. The van der Waals surface area contributed by atoms with Crippen molar-refractivity contribution in [2.45, 2.75) is 38.7 Å². The molecule has 1 atom stereocenters. The quantitative estimate of drug-likeness (QED) is 0.660. The number of hydrogen-bond acceptors (Lipinski definition) is 4. The SMILES string of the molecule is C[C@H](O)CN1CCC(CNCCN2CCCC2=O)CC1. The molecule has 5 heteroatoms.